The maximum Gasteiger partial charge on any atom is 0.341 e. The number of aromatic nitrogens is 3. The molecule has 1 aromatic carbocycles. The largest absolute Gasteiger partial charge is 0.465 e. The summed E-state index contributed by atoms with van der Waals surface area (Å²) in [6, 6.07) is 5.03. The number of anilines is 1. The van der Waals surface area contributed by atoms with Crippen molar-refractivity contribution in [1.82, 2.24) is 14.8 Å². The molecule has 0 aliphatic carbocycles. The zero-order valence-corrected chi connectivity index (χ0v) is 21.2. The van der Waals surface area contributed by atoms with Gasteiger partial charge in [0.15, 0.2) is 11.0 Å². The highest BCUT2D eigenvalue weighted by molar-refractivity contribution is 7.99. The maximum atomic E-state index is 12.7. The third-order valence-corrected chi connectivity index (χ3v) is 7.28. The van der Waals surface area contributed by atoms with E-state index in [0.717, 1.165) is 23.1 Å². The molecule has 3 rings (SSSR count). The van der Waals surface area contributed by atoms with Gasteiger partial charge in [0.05, 0.1) is 28.3 Å². The van der Waals surface area contributed by atoms with E-state index in [1.54, 1.807) is 35.8 Å². The molecule has 3 aromatic rings. The molecule has 3 N–H and O–H groups in total. The predicted molar refractivity (Wildman–Crippen MR) is 134 cm³/mol. The van der Waals surface area contributed by atoms with E-state index in [1.807, 2.05) is 0 Å². The lowest BCUT2D eigenvalue weighted by atomic mass is 10.1. The van der Waals surface area contributed by atoms with Gasteiger partial charge in [-0.25, -0.2) is 4.79 Å². The average molecular weight is 540 g/mol. The van der Waals surface area contributed by atoms with Crippen LogP contribution in [0.4, 0.5) is 5.00 Å². The summed E-state index contributed by atoms with van der Waals surface area (Å²) in [5.74, 6) is -1.36. The van der Waals surface area contributed by atoms with E-state index in [0.29, 0.717) is 38.7 Å². The minimum absolute atomic E-state index is 0.0485. The summed E-state index contributed by atoms with van der Waals surface area (Å²) in [7, 11) is 1.21. The molecular formula is C21H19Cl2N5O4S2. The number of primary amides is 1. The minimum atomic E-state index is -0.701. The normalized spacial score (nSPS) is 10.7. The van der Waals surface area contributed by atoms with Gasteiger partial charge in [-0.3, -0.25) is 14.2 Å². The number of thiophene rings is 1. The smallest absolute Gasteiger partial charge is 0.341 e. The quantitative estimate of drug-likeness (QED) is 0.233. The summed E-state index contributed by atoms with van der Waals surface area (Å²) in [6.07, 6.45) is 1.67. The summed E-state index contributed by atoms with van der Waals surface area (Å²) in [6.45, 7) is 5.70. The van der Waals surface area contributed by atoms with E-state index in [2.05, 4.69) is 22.1 Å². The number of benzene rings is 1. The Kier molecular flexibility index (Phi) is 8.37. The number of methoxy groups -OCH3 is 1. The molecular weight excluding hydrogens is 521 g/mol. The van der Waals surface area contributed by atoms with Crippen LogP contribution in [0.5, 0.6) is 0 Å². The van der Waals surface area contributed by atoms with Gasteiger partial charge < -0.3 is 15.8 Å². The number of nitrogens with one attached hydrogen (secondary N) is 1. The van der Waals surface area contributed by atoms with E-state index >= 15 is 0 Å². The molecule has 0 aliphatic heterocycles. The van der Waals surface area contributed by atoms with Crippen LogP contribution in [-0.4, -0.2) is 45.4 Å². The highest BCUT2D eigenvalue weighted by Crippen LogP contribution is 2.34. The third kappa shape index (κ3) is 5.44. The molecule has 0 atom stereocenters. The van der Waals surface area contributed by atoms with Crippen molar-refractivity contribution in [2.24, 2.45) is 5.73 Å². The highest BCUT2D eigenvalue weighted by Gasteiger charge is 2.25. The molecule has 0 saturated heterocycles. The van der Waals surface area contributed by atoms with E-state index in [1.165, 1.54) is 7.11 Å². The van der Waals surface area contributed by atoms with E-state index < -0.39 is 17.8 Å². The molecule has 34 heavy (non-hydrogen) atoms. The molecule has 9 nitrogen and oxygen atoms in total. The zero-order chi connectivity index (χ0) is 25.0. The van der Waals surface area contributed by atoms with Crippen molar-refractivity contribution < 1.29 is 19.1 Å². The molecule has 0 spiro atoms. The van der Waals surface area contributed by atoms with Crippen molar-refractivity contribution in [3.8, 4) is 11.4 Å². The number of thioether (sulfide) groups is 1. The van der Waals surface area contributed by atoms with Crippen LogP contribution in [0.25, 0.3) is 11.4 Å². The number of rotatable bonds is 9. The second kappa shape index (κ2) is 11.0. The molecule has 0 fully saturated rings. The Morgan fingerprint density at radius 2 is 2.06 bits per heavy atom. The zero-order valence-electron chi connectivity index (χ0n) is 18.1. The predicted octanol–water partition coefficient (Wildman–Crippen LogP) is 4.42. The summed E-state index contributed by atoms with van der Waals surface area (Å²) in [5.41, 5.74) is 6.45. The number of esters is 1. The molecule has 13 heteroatoms. The molecule has 2 heterocycles. The lowest BCUT2D eigenvalue weighted by Crippen LogP contribution is -2.16. The van der Waals surface area contributed by atoms with Gasteiger partial charge in [0.1, 0.15) is 5.00 Å². The first-order valence-corrected chi connectivity index (χ1v) is 12.2. The van der Waals surface area contributed by atoms with Crippen molar-refractivity contribution in [3.63, 3.8) is 0 Å². The molecule has 178 valence electrons. The number of halogens is 2. The SMILES string of the molecule is C=CCn1c(SCC(=O)Nc2sc(C(N)=O)c(C)c2C(=O)OC)nnc1-c1ccc(Cl)cc1Cl. The number of hydrogen-bond acceptors (Lipinski definition) is 8. The van der Waals surface area contributed by atoms with Gasteiger partial charge in [0.25, 0.3) is 5.91 Å². The summed E-state index contributed by atoms with van der Waals surface area (Å²) in [4.78, 5) is 36.7. The van der Waals surface area contributed by atoms with Crippen LogP contribution in [0.2, 0.25) is 10.0 Å². The number of ether oxygens (including phenoxy) is 1. The monoisotopic (exact) mass is 539 g/mol. The minimum Gasteiger partial charge on any atom is -0.465 e. The van der Waals surface area contributed by atoms with Crippen LogP contribution < -0.4 is 11.1 Å². The molecule has 2 amide bonds. The Bertz CT molecular complexity index is 1290. The fourth-order valence-corrected chi connectivity index (χ4v) is 5.34. The van der Waals surface area contributed by atoms with Crippen LogP contribution >= 0.6 is 46.3 Å². The first-order chi connectivity index (χ1) is 16.2. The lowest BCUT2D eigenvalue weighted by molar-refractivity contribution is -0.113. The second-order valence-electron chi connectivity index (χ2n) is 6.78. The average Bonchev–Trinajstić information content (AvgIpc) is 3.32. The van der Waals surface area contributed by atoms with Gasteiger partial charge in [-0.05, 0) is 30.7 Å². The van der Waals surface area contributed by atoms with Gasteiger partial charge in [0.2, 0.25) is 5.91 Å². The number of allylic oxidation sites excluding steroid dienone is 1. The first kappa shape index (κ1) is 25.8. The number of nitrogens with two attached hydrogens (primary N) is 1. The maximum absolute atomic E-state index is 12.7. The van der Waals surface area contributed by atoms with Gasteiger partial charge >= 0.3 is 5.97 Å². The van der Waals surface area contributed by atoms with E-state index in [9.17, 15) is 14.4 Å². The van der Waals surface area contributed by atoms with Gasteiger partial charge in [-0.1, -0.05) is 41.0 Å². The topological polar surface area (TPSA) is 129 Å². The Morgan fingerprint density at radius 3 is 2.68 bits per heavy atom. The Labute approximate surface area is 213 Å². The molecule has 0 aliphatic rings. The van der Waals surface area contributed by atoms with Crippen molar-refractivity contribution in [2.75, 3.05) is 18.2 Å². The number of carbonyl (C=O) groups excluding carboxylic acids is 3. The standard InChI is InChI=1S/C21H19Cl2N5O4S2/c1-4-7-28-18(12-6-5-11(22)8-13(12)23)26-27-21(28)33-9-14(29)25-19-15(20(31)32-3)10(2)16(34-19)17(24)30/h4-6,8H,1,7,9H2,2-3H3,(H2,24,30)(H,25,29). The molecule has 0 radical (unpaired) electrons. The second-order valence-corrected chi connectivity index (χ2v) is 9.59. The van der Waals surface area contributed by atoms with Gasteiger partial charge in [-0.2, -0.15) is 0 Å². The van der Waals surface area contributed by atoms with Crippen LogP contribution in [0, 0.1) is 6.92 Å². The number of carbonyl (C=O) groups is 3. The number of hydrogen-bond donors (Lipinski definition) is 2. The van der Waals surface area contributed by atoms with Crippen molar-refractivity contribution in [3.05, 3.63) is 56.9 Å². The lowest BCUT2D eigenvalue weighted by Gasteiger charge is -2.09. The number of nitrogens with zero attached hydrogens (tertiary/aromatic N) is 3. The molecule has 0 saturated carbocycles. The van der Waals surface area contributed by atoms with Crippen molar-refractivity contribution in [2.45, 2.75) is 18.6 Å². The van der Waals surface area contributed by atoms with Crippen LogP contribution in [-0.2, 0) is 16.1 Å². The summed E-state index contributed by atoms with van der Waals surface area (Å²) >= 11 is 14.4. The fourth-order valence-electron chi connectivity index (χ4n) is 3.04. The molecule has 0 bridgehead atoms. The number of amides is 2. The van der Waals surface area contributed by atoms with Crippen LogP contribution in [0.1, 0.15) is 25.6 Å². The summed E-state index contributed by atoms with van der Waals surface area (Å²) < 4.78 is 6.54. The van der Waals surface area contributed by atoms with E-state index in [4.69, 9.17) is 33.7 Å². The van der Waals surface area contributed by atoms with E-state index in [-0.39, 0.29) is 21.2 Å². The van der Waals surface area contributed by atoms with Crippen LogP contribution in [0.15, 0.2) is 36.0 Å². The molecule has 0 unspecified atom stereocenters. The van der Waals surface area contributed by atoms with Crippen molar-refractivity contribution in [1.29, 1.82) is 0 Å². The first-order valence-electron chi connectivity index (χ1n) is 9.61. The Morgan fingerprint density at radius 1 is 1.32 bits per heavy atom. The Hall–Kier alpha value is -2.86. The van der Waals surface area contributed by atoms with Gasteiger partial charge in [-0.15, -0.1) is 28.1 Å². The third-order valence-electron chi connectivity index (χ3n) is 4.55. The molecule has 2 aromatic heterocycles. The van der Waals surface area contributed by atoms with Crippen molar-refractivity contribution >= 4 is 69.1 Å². The Balaban J connectivity index is 1.81. The fraction of sp³-hybridized carbons (Fsp3) is 0.190. The van der Waals surface area contributed by atoms with Crippen LogP contribution in [0.3, 0.4) is 0 Å². The highest BCUT2D eigenvalue weighted by atomic mass is 35.5. The summed E-state index contributed by atoms with van der Waals surface area (Å²) in [5, 5.41) is 12.6. The van der Waals surface area contributed by atoms with Gasteiger partial charge in [0, 0.05) is 17.1 Å².